The molecule has 0 saturated heterocycles. The van der Waals surface area contributed by atoms with Crippen LogP contribution >= 0.6 is 0 Å². The summed E-state index contributed by atoms with van der Waals surface area (Å²) in [5.41, 5.74) is 5.66. The van der Waals surface area contributed by atoms with Crippen molar-refractivity contribution in [3.8, 4) is 0 Å². The first kappa shape index (κ1) is 11.9. The van der Waals surface area contributed by atoms with Gasteiger partial charge < -0.3 is 11.1 Å². The van der Waals surface area contributed by atoms with Crippen LogP contribution in [-0.4, -0.2) is 18.6 Å². The largest absolute Gasteiger partial charge is 0.329 e. The third kappa shape index (κ3) is 5.56. The summed E-state index contributed by atoms with van der Waals surface area (Å²) in [6.45, 7) is 9.63. The average Bonchev–Trinajstić information content (AvgIpc) is 2.02. The van der Waals surface area contributed by atoms with E-state index < -0.39 is 0 Å². The van der Waals surface area contributed by atoms with E-state index in [1.165, 1.54) is 12.8 Å². The molecule has 0 radical (unpaired) electrons. The van der Waals surface area contributed by atoms with Crippen molar-refractivity contribution in [1.29, 1.82) is 0 Å². The van der Waals surface area contributed by atoms with E-state index in [1.54, 1.807) is 0 Å². The van der Waals surface area contributed by atoms with Crippen LogP contribution in [-0.2, 0) is 0 Å². The van der Waals surface area contributed by atoms with Crippen LogP contribution in [0.3, 0.4) is 0 Å². The molecular formula is C10H24N2. The molecule has 2 heteroatoms. The minimum Gasteiger partial charge on any atom is -0.329 e. The first-order valence-corrected chi connectivity index (χ1v) is 5.06. The van der Waals surface area contributed by atoms with Gasteiger partial charge in [-0.3, -0.25) is 0 Å². The lowest BCUT2D eigenvalue weighted by Gasteiger charge is -2.22. The van der Waals surface area contributed by atoms with Gasteiger partial charge in [-0.1, -0.05) is 20.8 Å². The van der Waals surface area contributed by atoms with Crippen LogP contribution in [0.1, 0.15) is 40.5 Å². The van der Waals surface area contributed by atoms with E-state index in [0.717, 1.165) is 12.5 Å². The first-order valence-electron chi connectivity index (χ1n) is 5.06. The van der Waals surface area contributed by atoms with Gasteiger partial charge in [-0.25, -0.2) is 0 Å². The van der Waals surface area contributed by atoms with Crippen LogP contribution in [0, 0.1) is 5.92 Å². The molecule has 0 aromatic rings. The minimum absolute atomic E-state index is 0.500. The van der Waals surface area contributed by atoms with Crippen LogP contribution in [0.25, 0.3) is 0 Å². The molecule has 74 valence electrons. The van der Waals surface area contributed by atoms with Crippen LogP contribution < -0.4 is 11.1 Å². The fraction of sp³-hybridized carbons (Fsp3) is 1.00. The summed E-state index contributed by atoms with van der Waals surface area (Å²) in [6.07, 6.45) is 2.36. The molecule has 2 nitrogen and oxygen atoms in total. The molecule has 12 heavy (non-hydrogen) atoms. The Morgan fingerprint density at radius 1 is 1.25 bits per heavy atom. The highest BCUT2D eigenvalue weighted by atomic mass is 15.0. The van der Waals surface area contributed by atoms with Crippen LogP contribution in [0.15, 0.2) is 0 Å². The maximum Gasteiger partial charge on any atom is 0.0195 e. The third-order valence-corrected chi connectivity index (χ3v) is 2.17. The maximum absolute atomic E-state index is 5.66. The van der Waals surface area contributed by atoms with Crippen molar-refractivity contribution in [2.45, 2.75) is 52.6 Å². The molecule has 2 unspecified atom stereocenters. The van der Waals surface area contributed by atoms with Crippen molar-refractivity contribution in [3.05, 3.63) is 0 Å². The van der Waals surface area contributed by atoms with Crippen molar-refractivity contribution in [2.75, 3.05) is 6.54 Å². The Morgan fingerprint density at radius 2 is 1.83 bits per heavy atom. The standard InChI is InChI=1S/C10H24N2/c1-5-9(4)12-10(7-11)6-8(2)3/h8-10,12H,5-7,11H2,1-4H3. The number of nitrogens with one attached hydrogen (secondary N) is 1. The van der Waals surface area contributed by atoms with Crippen molar-refractivity contribution >= 4 is 0 Å². The summed E-state index contributed by atoms with van der Waals surface area (Å²) in [4.78, 5) is 0. The molecule has 0 aliphatic heterocycles. The topological polar surface area (TPSA) is 38.0 Å². The van der Waals surface area contributed by atoms with E-state index in [0.29, 0.717) is 12.1 Å². The lowest BCUT2D eigenvalue weighted by molar-refractivity contribution is 0.381. The SMILES string of the molecule is CCC(C)NC(CN)CC(C)C. The smallest absolute Gasteiger partial charge is 0.0195 e. The molecule has 0 aromatic heterocycles. The summed E-state index contributed by atoms with van der Waals surface area (Å²) in [5.74, 6) is 0.732. The zero-order chi connectivity index (χ0) is 9.56. The van der Waals surface area contributed by atoms with Gasteiger partial charge in [-0.2, -0.15) is 0 Å². The fourth-order valence-electron chi connectivity index (χ4n) is 1.32. The normalized spacial score (nSPS) is 16.5. The molecule has 0 aliphatic rings. The van der Waals surface area contributed by atoms with Crippen molar-refractivity contribution in [1.82, 2.24) is 5.32 Å². The summed E-state index contributed by atoms with van der Waals surface area (Å²) in [7, 11) is 0. The van der Waals surface area contributed by atoms with E-state index in [4.69, 9.17) is 5.73 Å². The highest BCUT2D eigenvalue weighted by molar-refractivity contribution is 4.72. The molecule has 2 atom stereocenters. The molecule has 0 bridgehead atoms. The van der Waals surface area contributed by atoms with Crippen molar-refractivity contribution in [2.24, 2.45) is 11.7 Å². The molecule has 0 rings (SSSR count). The fourth-order valence-corrected chi connectivity index (χ4v) is 1.32. The van der Waals surface area contributed by atoms with Gasteiger partial charge in [0.05, 0.1) is 0 Å². The van der Waals surface area contributed by atoms with Gasteiger partial charge in [0.15, 0.2) is 0 Å². The Balaban J connectivity index is 3.66. The van der Waals surface area contributed by atoms with Crippen molar-refractivity contribution < 1.29 is 0 Å². The Bertz CT molecular complexity index is 102. The predicted molar refractivity (Wildman–Crippen MR) is 55.2 cm³/mol. The monoisotopic (exact) mass is 172 g/mol. The molecule has 0 spiro atoms. The number of hydrogen-bond acceptors (Lipinski definition) is 2. The van der Waals surface area contributed by atoms with Gasteiger partial charge in [0, 0.05) is 18.6 Å². The van der Waals surface area contributed by atoms with Gasteiger partial charge in [0.2, 0.25) is 0 Å². The third-order valence-electron chi connectivity index (χ3n) is 2.17. The highest BCUT2D eigenvalue weighted by Gasteiger charge is 2.10. The van der Waals surface area contributed by atoms with Gasteiger partial charge in [0.1, 0.15) is 0 Å². The van der Waals surface area contributed by atoms with Crippen LogP contribution in [0.2, 0.25) is 0 Å². The zero-order valence-corrected chi connectivity index (χ0v) is 8.93. The number of hydrogen-bond donors (Lipinski definition) is 2. The average molecular weight is 172 g/mol. The minimum atomic E-state index is 0.500. The summed E-state index contributed by atoms with van der Waals surface area (Å²) < 4.78 is 0. The van der Waals surface area contributed by atoms with Gasteiger partial charge >= 0.3 is 0 Å². The molecule has 0 fully saturated rings. The second-order valence-corrected chi connectivity index (χ2v) is 4.04. The van der Waals surface area contributed by atoms with E-state index >= 15 is 0 Å². The lowest BCUT2D eigenvalue weighted by atomic mass is 10.0. The Hall–Kier alpha value is -0.0800. The zero-order valence-electron chi connectivity index (χ0n) is 8.93. The van der Waals surface area contributed by atoms with Crippen LogP contribution in [0.4, 0.5) is 0 Å². The lowest BCUT2D eigenvalue weighted by Crippen LogP contribution is -2.42. The molecule has 0 amide bonds. The van der Waals surface area contributed by atoms with Crippen LogP contribution in [0.5, 0.6) is 0 Å². The molecule has 0 aliphatic carbocycles. The molecule has 3 N–H and O–H groups in total. The van der Waals surface area contributed by atoms with Gasteiger partial charge in [-0.05, 0) is 25.7 Å². The molecule has 0 saturated carbocycles. The summed E-state index contributed by atoms with van der Waals surface area (Å²) in [5, 5.41) is 3.52. The summed E-state index contributed by atoms with van der Waals surface area (Å²) >= 11 is 0. The molecule has 0 heterocycles. The van der Waals surface area contributed by atoms with Gasteiger partial charge in [0.25, 0.3) is 0 Å². The Kier molecular flexibility index (Phi) is 6.39. The summed E-state index contributed by atoms with van der Waals surface area (Å²) in [6, 6.07) is 1.09. The van der Waals surface area contributed by atoms with E-state index in [2.05, 4.69) is 33.0 Å². The van der Waals surface area contributed by atoms with E-state index in [9.17, 15) is 0 Å². The quantitative estimate of drug-likeness (QED) is 0.640. The Morgan fingerprint density at radius 3 is 2.17 bits per heavy atom. The number of rotatable bonds is 6. The molecular weight excluding hydrogens is 148 g/mol. The van der Waals surface area contributed by atoms with E-state index in [1.807, 2.05) is 0 Å². The highest BCUT2D eigenvalue weighted by Crippen LogP contribution is 2.04. The maximum atomic E-state index is 5.66. The number of nitrogens with two attached hydrogens (primary N) is 1. The first-order chi connectivity index (χ1) is 5.60. The second kappa shape index (κ2) is 6.44. The Labute approximate surface area is 76.9 Å². The van der Waals surface area contributed by atoms with Crippen molar-refractivity contribution in [3.63, 3.8) is 0 Å². The second-order valence-electron chi connectivity index (χ2n) is 4.04. The van der Waals surface area contributed by atoms with Gasteiger partial charge in [-0.15, -0.1) is 0 Å². The molecule has 0 aromatic carbocycles. The van der Waals surface area contributed by atoms with E-state index in [-0.39, 0.29) is 0 Å². The predicted octanol–water partition coefficient (Wildman–Crippen LogP) is 1.75.